The number of pyridine rings is 1. The Bertz CT molecular complexity index is 376. The van der Waals surface area contributed by atoms with Crippen LogP contribution in [0.4, 0.5) is 18.9 Å². The third-order valence-corrected chi connectivity index (χ3v) is 2.90. The SMILES string of the molecule is CCNC(C)c1ccc(N(C)CCC(F)(F)F)cn1. The molecule has 1 heterocycles. The highest BCUT2D eigenvalue weighted by atomic mass is 19.4. The third kappa shape index (κ3) is 5.46. The van der Waals surface area contributed by atoms with Crippen molar-refractivity contribution in [3.63, 3.8) is 0 Å². The molecule has 0 radical (unpaired) electrons. The zero-order valence-electron chi connectivity index (χ0n) is 11.5. The summed E-state index contributed by atoms with van der Waals surface area (Å²) in [6.45, 7) is 4.79. The molecule has 108 valence electrons. The van der Waals surface area contributed by atoms with Gasteiger partial charge in [-0.2, -0.15) is 13.2 Å². The van der Waals surface area contributed by atoms with E-state index in [1.807, 2.05) is 19.9 Å². The molecule has 0 aromatic carbocycles. The van der Waals surface area contributed by atoms with E-state index in [0.717, 1.165) is 12.2 Å². The van der Waals surface area contributed by atoms with E-state index in [9.17, 15) is 13.2 Å². The fraction of sp³-hybridized carbons (Fsp3) is 0.615. The van der Waals surface area contributed by atoms with Crippen LogP contribution in [0.25, 0.3) is 0 Å². The Balaban J connectivity index is 2.60. The molecule has 0 aliphatic heterocycles. The molecular weight excluding hydrogens is 255 g/mol. The fourth-order valence-corrected chi connectivity index (χ4v) is 1.71. The number of nitrogens with one attached hydrogen (secondary N) is 1. The minimum absolute atomic E-state index is 0.0622. The molecule has 0 amide bonds. The standard InChI is InChI=1S/C13H20F3N3/c1-4-17-10(2)12-6-5-11(9-18-12)19(3)8-7-13(14,15)16/h5-6,9-10,17H,4,7-8H2,1-3H3. The first-order valence-electron chi connectivity index (χ1n) is 6.30. The van der Waals surface area contributed by atoms with Crippen LogP contribution in [0.2, 0.25) is 0 Å². The number of hydrogen-bond acceptors (Lipinski definition) is 3. The minimum Gasteiger partial charge on any atom is -0.373 e. The van der Waals surface area contributed by atoms with Crippen molar-refractivity contribution >= 4 is 5.69 Å². The second-order valence-corrected chi connectivity index (χ2v) is 4.51. The molecule has 1 N–H and O–H groups in total. The van der Waals surface area contributed by atoms with Gasteiger partial charge in [0, 0.05) is 19.6 Å². The molecule has 0 saturated carbocycles. The highest BCUT2D eigenvalue weighted by Gasteiger charge is 2.27. The summed E-state index contributed by atoms with van der Waals surface area (Å²) >= 11 is 0. The first-order valence-corrected chi connectivity index (χ1v) is 6.30. The zero-order valence-corrected chi connectivity index (χ0v) is 11.5. The van der Waals surface area contributed by atoms with Crippen LogP contribution in [0.15, 0.2) is 18.3 Å². The van der Waals surface area contributed by atoms with Gasteiger partial charge in [0.1, 0.15) is 0 Å². The molecule has 1 aromatic rings. The summed E-state index contributed by atoms with van der Waals surface area (Å²) in [5.74, 6) is 0. The van der Waals surface area contributed by atoms with Crippen molar-refractivity contribution in [2.24, 2.45) is 0 Å². The number of alkyl halides is 3. The van der Waals surface area contributed by atoms with Gasteiger partial charge in [-0.3, -0.25) is 4.98 Å². The summed E-state index contributed by atoms with van der Waals surface area (Å²) in [4.78, 5) is 5.84. The van der Waals surface area contributed by atoms with E-state index < -0.39 is 12.6 Å². The van der Waals surface area contributed by atoms with Crippen molar-refractivity contribution in [2.45, 2.75) is 32.5 Å². The Morgan fingerprint density at radius 3 is 2.53 bits per heavy atom. The van der Waals surface area contributed by atoms with E-state index >= 15 is 0 Å². The van der Waals surface area contributed by atoms with E-state index in [-0.39, 0.29) is 12.6 Å². The van der Waals surface area contributed by atoms with Crippen molar-refractivity contribution in [3.8, 4) is 0 Å². The van der Waals surface area contributed by atoms with Crippen molar-refractivity contribution in [3.05, 3.63) is 24.0 Å². The van der Waals surface area contributed by atoms with Gasteiger partial charge in [-0.25, -0.2) is 0 Å². The zero-order chi connectivity index (χ0) is 14.5. The van der Waals surface area contributed by atoms with Gasteiger partial charge in [0.15, 0.2) is 0 Å². The first-order chi connectivity index (χ1) is 8.83. The highest BCUT2D eigenvalue weighted by Crippen LogP contribution is 2.22. The third-order valence-electron chi connectivity index (χ3n) is 2.90. The molecule has 0 aliphatic rings. The number of aromatic nitrogens is 1. The number of rotatable bonds is 6. The molecule has 19 heavy (non-hydrogen) atoms. The maximum absolute atomic E-state index is 12.1. The maximum Gasteiger partial charge on any atom is 0.390 e. The van der Waals surface area contributed by atoms with Gasteiger partial charge in [-0.1, -0.05) is 6.92 Å². The molecule has 6 heteroatoms. The first kappa shape index (κ1) is 15.8. The van der Waals surface area contributed by atoms with Crippen molar-refractivity contribution in [1.82, 2.24) is 10.3 Å². The van der Waals surface area contributed by atoms with E-state index in [4.69, 9.17) is 0 Å². The highest BCUT2D eigenvalue weighted by molar-refractivity contribution is 5.43. The second-order valence-electron chi connectivity index (χ2n) is 4.51. The van der Waals surface area contributed by atoms with Gasteiger partial charge in [-0.05, 0) is 25.6 Å². The summed E-state index contributed by atoms with van der Waals surface area (Å²) in [5, 5.41) is 3.23. The van der Waals surface area contributed by atoms with Crippen molar-refractivity contribution < 1.29 is 13.2 Å². The molecule has 0 spiro atoms. The van der Waals surface area contributed by atoms with Crippen LogP contribution in [0, 0.1) is 0 Å². The molecule has 0 bridgehead atoms. The van der Waals surface area contributed by atoms with Gasteiger partial charge in [0.2, 0.25) is 0 Å². The van der Waals surface area contributed by atoms with Crippen LogP contribution in [0.5, 0.6) is 0 Å². The predicted molar refractivity (Wildman–Crippen MR) is 70.3 cm³/mol. The molecule has 1 unspecified atom stereocenters. The van der Waals surface area contributed by atoms with Gasteiger partial charge >= 0.3 is 6.18 Å². The number of hydrogen-bond donors (Lipinski definition) is 1. The summed E-state index contributed by atoms with van der Waals surface area (Å²) in [6.07, 6.45) is -3.33. The molecule has 3 nitrogen and oxygen atoms in total. The average Bonchev–Trinajstić information content (AvgIpc) is 2.35. The fourth-order valence-electron chi connectivity index (χ4n) is 1.71. The van der Waals surface area contributed by atoms with E-state index in [0.29, 0.717) is 5.69 Å². The summed E-state index contributed by atoms with van der Waals surface area (Å²) < 4.78 is 36.4. The Morgan fingerprint density at radius 1 is 1.37 bits per heavy atom. The van der Waals surface area contributed by atoms with Gasteiger partial charge in [-0.15, -0.1) is 0 Å². The Hall–Kier alpha value is -1.30. The predicted octanol–water partition coefficient (Wildman–Crippen LogP) is 3.14. The van der Waals surface area contributed by atoms with Gasteiger partial charge < -0.3 is 10.2 Å². The summed E-state index contributed by atoms with van der Waals surface area (Å²) in [7, 11) is 1.64. The van der Waals surface area contributed by atoms with Gasteiger partial charge in [0.05, 0.1) is 24.0 Å². The number of halogens is 3. The van der Waals surface area contributed by atoms with Crippen LogP contribution in [0.1, 0.15) is 32.0 Å². The second kappa shape index (κ2) is 6.75. The normalized spacial score (nSPS) is 13.4. The Labute approximate surface area is 111 Å². The quantitative estimate of drug-likeness (QED) is 0.864. The average molecular weight is 275 g/mol. The molecule has 0 fully saturated rings. The molecule has 0 saturated heterocycles. The largest absolute Gasteiger partial charge is 0.390 e. The van der Waals surface area contributed by atoms with E-state index in [2.05, 4.69) is 10.3 Å². The molecule has 1 rings (SSSR count). The molecule has 0 aliphatic carbocycles. The Kier molecular flexibility index (Phi) is 5.60. The number of anilines is 1. The summed E-state index contributed by atoms with van der Waals surface area (Å²) in [5.41, 5.74) is 1.58. The van der Waals surface area contributed by atoms with Crippen LogP contribution < -0.4 is 10.2 Å². The molecular formula is C13H20F3N3. The van der Waals surface area contributed by atoms with Gasteiger partial charge in [0.25, 0.3) is 0 Å². The van der Waals surface area contributed by atoms with Crippen molar-refractivity contribution in [1.29, 1.82) is 0 Å². The minimum atomic E-state index is -4.12. The lowest BCUT2D eigenvalue weighted by molar-refractivity contribution is -0.132. The Morgan fingerprint density at radius 2 is 2.05 bits per heavy atom. The van der Waals surface area contributed by atoms with E-state index in [1.54, 1.807) is 24.2 Å². The van der Waals surface area contributed by atoms with Crippen LogP contribution >= 0.6 is 0 Å². The topological polar surface area (TPSA) is 28.2 Å². The van der Waals surface area contributed by atoms with E-state index in [1.165, 1.54) is 0 Å². The van der Waals surface area contributed by atoms with Crippen molar-refractivity contribution in [2.75, 3.05) is 25.0 Å². The monoisotopic (exact) mass is 275 g/mol. The van der Waals surface area contributed by atoms with Crippen LogP contribution in [-0.2, 0) is 0 Å². The smallest absolute Gasteiger partial charge is 0.373 e. The molecule has 1 aromatic heterocycles. The maximum atomic E-state index is 12.1. The lowest BCUT2D eigenvalue weighted by Gasteiger charge is -2.20. The summed E-state index contributed by atoms with van der Waals surface area (Å²) in [6, 6.07) is 3.78. The lowest BCUT2D eigenvalue weighted by atomic mass is 10.2. The number of nitrogens with zero attached hydrogens (tertiary/aromatic N) is 2. The molecule has 1 atom stereocenters. The lowest BCUT2D eigenvalue weighted by Crippen LogP contribution is -2.24. The van der Waals surface area contributed by atoms with Crippen LogP contribution in [0.3, 0.4) is 0 Å². The van der Waals surface area contributed by atoms with Crippen LogP contribution in [-0.4, -0.2) is 31.3 Å².